The maximum atomic E-state index is 12.8. The monoisotopic (exact) mass is 441 g/mol. The summed E-state index contributed by atoms with van der Waals surface area (Å²) >= 11 is 1.39. The number of ether oxygens (including phenoxy) is 2. The summed E-state index contributed by atoms with van der Waals surface area (Å²) in [5, 5.41) is 0.626. The molecule has 0 aliphatic rings. The molecule has 162 valence electrons. The van der Waals surface area contributed by atoms with Gasteiger partial charge in [0, 0.05) is 16.9 Å². The Labute approximate surface area is 184 Å². The largest absolute Gasteiger partial charge is 0.461 e. The average molecular weight is 442 g/mol. The highest BCUT2D eigenvalue weighted by Gasteiger charge is 2.25. The molecule has 8 nitrogen and oxygen atoms in total. The van der Waals surface area contributed by atoms with Gasteiger partial charge in [0.25, 0.3) is 0 Å². The van der Waals surface area contributed by atoms with E-state index in [9.17, 15) is 14.4 Å². The van der Waals surface area contributed by atoms with Crippen LogP contribution in [0, 0.1) is 13.8 Å². The van der Waals surface area contributed by atoms with E-state index < -0.39 is 24.3 Å². The van der Waals surface area contributed by atoms with Gasteiger partial charge in [0.05, 0.1) is 12.8 Å². The normalized spacial score (nSPS) is 10.7. The van der Waals surface area contributed by atoms with Gasteiger partial charge in [-0.1, -0.05) is 30.0 Å². The number of carbonyl (C=O) groups is 3. The molecular formula is C22H23N3O5S. The number of hydrogen-bond donors (Lipinski definition) is 1. The summed E-state index contributed by atoms with van der Waals surface area (Å²) in [6.45, 7) is 4.80. The molecule has 0 fully saturated rings. The Morgan fingerprint density at radius 1 is 1.10 bits per heavy atom. The Hall–Kier alpha value is -3.33. The van der Waals surface area contributed by atoms with E-state index >= 15 is 0 Å². The fourth-order valence-corrected chi connectivity index (χ4v) is 3.85. The Kier molecular flexibility index (Phi) is 6.96. The number of thioether (sulfide) groups is 1. The number of esters is 2. The minimum Gasteiger partial charge on any atom is -0.461 e. The average Bonchev–Trinajstić information content (AvgIpc) is 3.33. The van der Waals surface area contributed by atoms with Crippen molar-refractivity contribution in [2.24, 2.45) is 0 Å². The van der Waals surface area contributed by atoms with Gasteiger partial charge in [-0.25, -0.2) is 14.6 Å². The van der Waals surface area contributed by atoms with Crippen LogP contribution >= 0.6 is 11.8 Å². The predicted octanol–water partition coefficient (Wildman–Crippen LogP) is 3.76. The van der Waals surface area contributed by atoms with Crippen LogP contribution in [0.2, 0.25) is 0 Å². The van der Waals surface area contributed by atoms with Gasteiger partial charge in [-0.3, -0.25) is 9.36 Å². The predicted molar refractivity (Wildman–Crippen MR) is 116 cm³/mol. The van der Waals surface area contributed by atoms with Gasteiger partial charge in [0.1, 0.15) is 5.69 Å². The first-order valence-corrected chi connectivity index (χ1v) is 10.8. The third-order valence-corrected chi connectivity index (χ3v) is 5.32. The molecule has 0 aliphatic carbocycles. The van der Waals surface area contributed by atoms with Gasteiger partial charge in [0.15, 0.2) is 17.5 Å². The van der Waals surface area contributed by atoms with Gasteiger partial charge in [-0.05, 0) is 44.7 Å². The summed E-state index contributed by atoms with van der Waals surface area (Å²) in [7, 11) is 0. The van der Waals surface area contributed by atoms with Crippen LogP contribution in [0.4, 0.5) is 0 Å². The molecule has 0 atom stereocenters. The minimum atomic E-state index is -0.665. The summed E-state index contributed by atoms with van der Waals surface area (Å²) in [6, 6.07) is 9.30. The second-order valence-electron chi connectivity index (χ2n) is 6.65. The van der Waals surface area contributed by atoms with Crippen molar-refractivity contribution in [2.75, 3.05) is 19.5 Å². The van der Waals surface area contributed by atoms with Crippen LogP contribution in [0.3, 0.4) is 0 Å². The number of aromatic amines is 1. The molecule has 31 heavy (non-hydrogen) atoms. The van der Waals surface area contributed by atoms with E-state index in [0.29, 0.717) is 22.0 Å². The van der Waals surface area contributed by atoms with Gasteiger partial charge in [-0.2, -0.15) is 0 Å². The number of ketones is 1. The minimum absolute atomic E-state index is 0.220. The van der Waals surface area contributed by atoms with Gasteiger partial charge in [0.2, 0.25) is 5.78 Å². The summed E-state index contributed by atoms with van der Waals surface area (Å²) in [6.07, 6.45) is 3.29. The summed E-state index contributed by atoms with van der Waals surface area (Å²) < 4.78 is 12.0. The van der Waals surface area contributed by atoms with E-state index in [1.165, 1.54) is 18.0 Å². The standard InChI is InChI=1S/C22H23N3O5S/c1-5-29-21(28)19-13(2)18(14(3)24-19)17(26)12-30-20(27)16-11-23-22(31-4)25(16)15-9-7-6-8-10-15/h6-11,24H,5,12H2,1-4H3. The first kappa shape index (κ1) is 22.4. The molecule has 1 aromatic carbocycles. The molecule has 0 saturated carbocycles. The number of H-pyrrole nitrogens is 1. The van der Waals surface area contributed by atoms with E-state index in [1.54, 1.807) is 25.3 Å². The van der Waals surface area contributed by atoms with Crippen LogP contribution in [-0.4, -0.2) is 51.7 Å². The van der Waals surface area contributed by atoms with Crippen molar-refractivity contribution >= 4 is 29.5 Å². The first-order chi connectivity index (χ1) is 14.9. The zero-order valence-electron chi connectivity index (χ0n) is 17.7. The number of aromatic nitrogens is 3. The van der Waals surface area contributed by atoms with Crippen molar-refractivity contribution in [1.82, 2.24) is 14.5 Å². The Morgan fingerprint density at radius 2 is 1.81 bits per heavy atom. The smallest absolute Gasteiger partial charge is 0.357 e. The number of benzene rings is 1. The number of carbonyl (C=O) groups excluding carboxylic acids is 3. The number of nitrogens with one attached hydrogen (secondary N) is 1. The van der Waals surface area contributed by atoms with Crippen molar-refractivity contribution in [3.05, 3.63) is 64.7 Å². The highest BCUT2D eigenvalue weighted by molar-refractivity contribution is 7.98. The molecule has 2 heterocycles. The lowest BCUT2D eigenvalue weighted by Crippen LogP contribution is -2.18. The van der Waals surface area contributed by atoms with Crippen molar-refractivity contribution in [1.29, 1.82) is 0 Å². The van der Waals surface area contributed by atoms with E-state index in [4.69, 9.17) is 9.47 Å². The van der Waals surface area contributed by atoms with E-state index in [2.05, 4.69) is 9.97 Å². The molecule has 2 aromatic heterocycles. The number of nitrogens with zero attached hydrogens (tertiary/aromatic N) is 2. The molecule has 1 N–H and O–H groups in total. The fourth-order valence-electron chi connectivity index (χ4n) is 3.30. The number of imidazole rings is 1. The second kappa shape index (κ2) is 9.65. The zero-order valence-corrected chi connectivity index (χ0v) is 18.5. The topological polar surface area (TPSA) is 103 Å². The molecule has 0 bridgehead atoms. The third kappa shape index (κ3) is 4.56. The molecule has 3 aromatic rings. The SMILES string of the molecule is CCOC(=O)c1[nH]c(C)c(C(=O)COC(=O)c2cnc(SC)n2-c2ccccc2)c1C. The number of para-hydroxylation sites is 1. The van der Waals surface area contributed by atoms with E-state index in [-0.39, 0.29) is 18.0 Å². The van der Waals surface area contributed by atoms with Crippen LogP contribution in [0.15, 0.2) is 41.7 Å². The van der Waals surface area contributed by atoms with Crippen molar-refractivity contribution in [3.8, 4) is 5.69 Å². The number of hydrogen-bond acceptors (Lipinski definition) is 7. The van der Waals surface area contributed by atoms with Crippen LogP contribution in [0.1, 0.15) is 49.5 Å². The van der Waals surface area contributed by atoms with Crippen LogP contribution in [-0.2, 0) is 9.47 Å². The lowest BCUT2D eigenvalue weighted by atomic mass is 10.1. The molecule has 9 heteroatoms. The second-order valence-corrected chi connectivity index (χ2v) is 7.42. The van der Waals surface area contributed by atoms with Gasteiger partial charge in [-0.15, -0.1) is 0 Å². The number of rotatable bonds is 8. The van der Waals surface area contributed by atoms with Gasteiger partial charge >= 0.3 is 11.9 Å². The third-order valence-electron chi connectivity index (χ3n) is 4.67. The highest BCUT2D eigenvalue weighted by Crippen LogP contribution is 2.23. The molecule has 0 aliphatic heterocycles. The first-order valence-electron chi connectivity index (χ1n) is 9.62. The highest BCUT2D eigenvalue weighted by atomic mass is 32.2. The molecule has 3 rings (SSSR count). The Bertz CT molecular complexity index is 1120. The molecule has 0 unspecified atom stereocenters. The summed E-state index contributed by atoms with van der Waals surface area (Å²) in [5.41, 5.74) is 2.51. The number of Topliss-reactive ketones (excluding diaryl/α,β-unsaturated/α-hetero) is 1. The summed E-state index contributed by atoms with van der Waals surface area (Å²) in [5.74, 6) is -1.61. The van der Waals surface area contributed by atoms with Crippen LogP contribution < -0.4 is 0 Å². The van der Waals surface area contributed by atoms with Crippen molar-refractivity contribution in [2.45, 2.75) is 25.9 Å². The van der Waals surface area contributed by atoms with E-state index in [1.807, 2.05) is 36.6 Å². The molecule has 0 amide bonds. The van der Waals surface area contributed by atoms with Crippen LogP contribution in [0.25, 0.3) is 5.69 Å². The number of aryl methyl sites for hydroxylation is 1. The van der Waals surface area contributed by atoms with Crippen molar-refractivity contribution < 1.29 is 23.9 Å². The maximum absolute atomic E-state index is 12.8. The van der Waals surface area contributed by atoms with Gasteiger partial charge < -0.3 is 14.5 Å². The summed E-state index contributed by atoms with van der Waals surface area (Å²) in [4.78, 5) is 44.7. The van der Waals surface area contributed by atoms with E-state index in [0.717, 1.165) is 5.69 Å². The quantitative estimate of drug-likeness (QED) is 0.322. The lowest BCUT2D eigenvalue weighted by molar-refractivity contribution is 0.0464. The molecule has 0 radical (unpaired) electrons. The van der Waals surface area contributed by atoms with Crippen LogP contribution in [0.5, 0.6) is 0 Å². The Balaban J connectivity index is 1.79. The molecule has 0 saturated heterocycles. The molecular weight excluding hydrogens is 418 g/mol. The Morgan fingerprint density at radius 3 is 2.45 bits per heavy atom. The lowest BCUT2D eigenvalue weighted by Gasteiger charge is -2.10. The van der Waals surface area contributed by atoms with Crippen molar-refractivity contribution in [3.63, 3.8) is 0 Å². The zero-order chi connectivity index (χ0) is 22.5. The molecule has 0 spiro atoms. The fraction of sp³-hybridized carbons (Fsp3) is 0.273. The maximum Gasteiger partial charge on any atom is 0.357 e.